The Kier molecular flexibility index (Phi) is 5.19. The van der Waals surface area contributed by atoms with Gasteiger partial charge in [0.2, 0.25) is 0 Å². The molecule has 2 heterocycles. The zero-order valence-electron chi connectivity index (χ0n) is 16.0. The van der Waals surface area contributed by atoms with E-state index in [0.29, 0.717) is 29.3 Å². The third-order valence-electron chi connectivity index (χ3n) is 5.74. The molecule has 1 aromatic heterocycles. The number of carbonyl (C=O) groups excluding carboxylic acids is 1. The molecule has 1 fully saturated rings. The summed E-state index contributed by atoms with van der Waals surface area (Å²) in [5.74, 6) is 0.240. The number of hydrogen-bond acceptors (Lipinski definition) is 2. The summed E-state index contributed by atoms with van der Waals surface area (Å²) in [5.41, 5.74) is 1.44. The van der Waals surface area contributed by atoms with Crippen LogP contribution in [-0.4, -0.2) is 27.1 Å². The second-order valence-electron chi connectivity index (χ2n) is 7.58. The topological polar surface area (TPSA) is 38.1 Å². The maximum Gasteiger partial charge on any atom is 0.417 e. The third-order valence-corrected chi connectivity index (χ3v) is 6.05. The Bertz CT molecular complexity index is 980. The van der Waals surface area contributed by atoms with Crippen molar-refractivity contribution in [1.29, 1.82) is 0 Å². The van der Waals surface area contributed by atoms with E-state index in [9.17, 15) is 18.0 Å². The van der Waals surface area contributed by atoms with Gasteiger partial charge in [0.15, 0.2) is 0 Å². The Hall–Kier alpha value is -2.28. The summed E-state index contributed by atoms with van der Waals surface area (Å²) in [5, 5.41) is 3.80. The van der Waals surface area contributed by atoms with Crippen LogP contribution in [0, 0.1) is 5.92 Å². The largest absolute Gasteiger partial charge is 0.417 e. The number of amides is 1. The van der Waals surface area contributed by atoms with Gasteiger partial charge in [0.1, 0.15) is 0 Å². The highest BCUT2D eigenvalue weighted by molar-refractivity contribution is 6.31. The van der Waals surface area contributed by atoms with E-state index in [4.69, 9.17) is 11.6 Å². The number of piperidine rings is 1. The van der Waals surface area contributed by atoms with Crippen molar-refractivity contribution < 1.29 is 18.0 Å². The molecule has 1 aliphatic carbocycles. The predicted octanol–water partition coefficient (Wildman–Crippen LogP) is 5.68. The Labute approximate surface area is 171 Å². The van der Waals surface area contributed by atoms with Crippen molar-refractivity contribution >= 4 is 17.5 Å². The van der Waals surface area contributed by atoms with Gasteiger partial charge in [-0.15, -0.1) is 0 Å². The predicted molar refractivity (Wildman–Crippen MR) is 104 cm³/mol. The molecule has 4 rings (SSSR count). The minimum atomic E-state index is -4.53. The van der Waals surface area contributed by atoms with Gasteiger partial charge in [-0.2, -0.15) is 18.3 Å². The molecule has 2 aromatic rings. The normalized spacial score (nSPS) is 19.7. The van der Waals surface area contributed by atoms with E-state index >= 15 is 0 Å². The highest BCUT2D eigenvalue weighted by Crippen LogP contribution is 2.39. The van der Waals surface area contributed by atoms with Crippen LogP contribution in [-0.2, 0) is 13.2 Å². The first-order valence-corrected chi connectivity index (χ1v) is 10.1. The van der Waals surface area contributed by atoms with Crippen molar-refractivity contribution in [1.82, 2.24) is 14.7 Å². The Morgan fingerprint density at radius 1 is 1.24 bits per heavy atom. The fourth-order valence-corrected chi connectivity index (χ4v) is 4.66. The summed E-state index contributed by atoms with van der Waals surface area (Å²) >= 11 is 5.90. The number of hydrogen-bond donors (Lipinski definition) is 0. The maximum atomic E-state index is 13.4. The summed E-state index contributed by atoms with van der Waals surface area (Å²) in [6, 6.07) is 3.53. The molecule has 0 bridgehead atoms. The van der Waals surface area contributed by atoms with Gasteiger partial charge in [-0.25, -0.2) is 0 Å². The monoisotopic (exact) mass is 423 g/mol. The molecule has 0 radical (unpaired) electrons. The van der Waals surface area contributed by atoms with Crippen molar-refractivity contribution in [3.8, 4) is 11.3 Å². The highest BCUT2D eigenvalue weighted by Gasteiger charge is 2.35. The van der Waals surface area contributed by atoms with Crippen LogP contribution in [0.3, 0.4) is 0 Å². The lowest BCUT2D eigenvalue weighted by molar-refractivity contribution is -0.137. The van der Waals surface area contributed by atoms with Crippen molar-refractivity contribution in [2.45, 2.75) is 38.3 Å². The molecular formula is C21H21ClF3N3O. The van der Waals surface area contributed by atoms with Crippen molar-refractivity contribution in [3.63, 3.8) is 0 Å². The lowest BCUT2D eigenvalue weighted by atomic mass is 9.84. The van der Waals surface area contributed by atoms with E-state index in [0.717, 1.165) is 43.9 Å². The SMILES string of the molecule is Cn1ncc(C(=O)N2CCCC3CCCC=C32)c1-c1ccc(C(F)(F)F)c(Cl)c1. The Balaban J connectivity index is 1.72. The van der Waals surface area contributed by atoms with Crippen molar-refractivity contribution in [2.24, 2.45) is 13.0 Å². The molecule has 1 aromatic carbocycles. The molecule has 1 amide bonds. The highest BCUT2D eigenvalue weighted by atomic mass is 35.5. The molecule has 0 N–H and O–H groups in total. The van der Waals surface area contributed by atoms with Crippen LogP contribution < -0.4 is 0 Å². The standard InChI is InChI=1S/C21H21ClF3N3O/c1-27-19(14-8-9-16(17(22)11-14)21(23,24)25)15(12-26-27)20(29)28-10-4-6-13-5-2-3-7-18(13)28/h7-9,11-13H,2-6,10H2,1H3. The number of carbonyl (C=O) groups is 1. The average Bonchev–Trinajstić information content (AvgIpc) is 3.07. The van der Waals surface area contributed by atoms with Crippen LogP contribution in [0.25, 0.3) is 11.3 Å². The number of aryl methyl sites for hydroxylation is 1. The second-order valence-corrected chi connectivity index (χ2v) is 7.99. The molecule has 8 heteroatoms. The number of likely N-dealkylation sites (tertiary alicyclic amines) is 1. The lowest BCUT2D eigenvalue weighted by Gasteiger charge is -2.38. The lowest BCUT2D eigenvalue weighted by Crippen LogP contribution is -2.39. The van der Waals surface area contributed by atoms with E-state index in [2.05, 4.69) is 11.2 Å². The molecule has 4 nitrogen and oxygen atoms in total. The van der Waals surface area contributed by atoms with Crippen molar-refractivity contribution in [2.75, 3.05) is 6.54 Å². The number of halogens is 4. The average molecular weight is 424 g/mol. The summed E-state index contributed by atoms with van der Waals surface area (Å²) in [7, 11) is 1.66. The molecule has 1 saturated heterocycles. The number of alkyl halides is 3. The van der Waals surface area contributed by atoms with Crippen LogP contribution >= 0.6 is 11.6 Å². The number of aromatic nitrogens is 2. The summed E-state index contributed by atoms with van der Waals surface area (Å²) in [4.78, 5) is 15.2. The van der Waals surface area contributed by atoms with Gasteiger partial charge < -0.3 is 4.90 Å². The van der Waals surface area contributed by atoms with Crippen LogP contribution in [0.1, 0.15) is 48.0 Å². The van der Waals surface area contributed by atoms with Crippen molar-refractivity contribution in [3.05, 3.63) is 52.3 Å². The molecule has 29 heavy (non-hydrogen) atoms. The summed E-state index contributed by atoms with van der Waals surface area (Å²) < 4.78 is 40.6. The van der Waals surface area contributed by atoms with Gasteiger partial charge in [0.25, 0.3) is 5.91 Å². The number of fused-ring (bicyclic) bond motifs is 1. The van der Waals surface area contributed by atoms with Crippen LogP contribution in [0.4, 0.5) is 13.2 Å². The summed E-state index contributed by atoms with van der Waals surface area (Å²) in [6.07, 6.45) is 4.31. The Morgan fingerprint density at radius 2 is 2.00 bits per heavy atom. The number of benzene rings is 1. The Morgan fingerprint density at radius 3 is 2.72 bits per heavy atom. The molecule has 1 aliphatic heterocycles. The van der Waals surface area contributed by atoms with Gasteiger partial charge in [-0.1, -0.05) is 23.7 Å². The second kappa shape index (κ2) is 7.52. The van der Waals surface area contributed by atoms with Crippen LogP contribution in [0.15, 0.2) is 36.2 Å². The molecule has 1 unspecified atom stereocenters. The molecular weight excluding hydrogens is 403 g/mol. The first-order chi connectivity index (χ1) is 13.8. The fourth-order valence-electron chi connectivity index (χ4n) is 4.37. The molecule has 1 atom stereocenters. The van der Waals surface area contributed by atoms with Gasteiger partial charge in [0.05, 0.1) is 28.0 Å². The smallest absolute Gasteiger partial charge is 0.312 e. The van der Waals surface area contributed by atoms with Gasteiger partial charge in [-0.3, -0.25) is 9.48 Å². The van der Waals surface area contributed by atoms with Crippen LogP contribution in [0.5, 0.6) is 0 Å². The van der Waals surface area contributed by atoms with Gasteiger partial charge in [-0.05, 0) is 50.2 Å². The van der Waals surface area contributed by atoms with Gasteiger partial charge >= 0.3 is 6.18 Å². The molecule has 0 saturated carbocycles. The van der Waals surface area contributed by atoms with E-state index in [1.54, 1.807) is 7.05 Å². The zero-order valence-corrected chi connectivity index (χ0v) is 16.7. The maximum absolute atomic E-state index is 13.4. The number of allylic oxidation sites excluding steroid dienone is 2. The van der Waals surface area contributed by atoms with E-state index < -0.39 is 16.8 Å². The number of rotatable bonds is 2. The molecule has 0 spiro atoms. The minimum absolute atomic E-state index is 0.165. The summed E-state index contributed by atoms with van der Waals surface area (Å²) in [6.45, 7) is 0.642. The first-order valence-electron chi connectivity index (χ1n) is 9.68. The van der Waals surface area contributed by atoms with Gasteiger partial charge in [0, 0.05) is 24.9 Å². The fraction of sp³-hybridized carbons (Fsp3) is 0.429. The minimum Gasteiger partial charge on any atom is -0.312 e. The quantitative estimate of drug-likeness (QED) is 0.623. The third kappa shape index (κ3) is 3.68. The number of nitrogens with zero attached hydrogens (tertiary/aromatic N) is 3. The van der Waals surface area contributed by atoms with E-state index in [1.165, 1.54) is 23.0 Å². The van der Waals surface area contributed by atoms with E-state index in [-0.39, 0.29) is 5.91 Å². The molecule has 2 aliphatic rings. The first kappa shape index (κ1) is 20.0. The van der Waals surface area contributed by atoms with Crippen LogP contribution in [0.2, 0.25) is 5.02 Å². The molecule has 154 valence electrons. The van der Waals surface area contributed by atoms with E-state index in [1.807, 2.05) is 4.90 Å². The zero-order chi connectivity index (χ0) is 20.8.